The van der Waals surface area contributed by atoms with Crippen molar-refractivity contribution in [2.24, 2.45) is 0 Å². The van der Waals surface area contributed by atoms with Crippen LogP contribution in [0.1, 0.15) is 87.8 Å². The van der Waals surface area contributed by atoms with Gasteiger partial charge in [-0.25, -0.2) is 0 Å². The third-order valence-corrected chi connectivity index (χ3v) is 16.5. The van der Waals surface area contributed by atoms with E-state index in [9.17, 15) is 0 Å². The van der Waals surface area contributed by atoms with Crippen molar-refractivity contribution >= 4 is 79.2 Å². The molecule has 3 aliphatic rings. The Bertz CT molecular complexity index is 3720. The van der Waals surface area contributed by atoms with Gasteiger partial charge in [0.05, 0.1) is 16.7 Å². The highest BCUT2D eigenvalue weighted by molar-refractivity contribution is 6.73. The predicted molar refractivity (Wildman–Crippen MR) is 297 cm³/mol. The topological polar surface area (TPSA) is 20.2 Å². The summed E-state index contributed by atoms with van der Waals surface area (Å²) in [5.41, 5.74) is 25.7. The Kier molecular flexibility index (Phi) is 9.01. The fourth-order valence-corrected chi connectivity index (χ4v) is 12.7. The summed E-state index contributed by atoms with van der Waals surface area (Å²) in [6.07, 6.45) is 2.38. The normalized spacial score (nSPS) is 15.6. The van der Waals surface area contributed by atoms with E-state index in [0.29, 0.717) is 0 Å². The highest BCUT2D eigenvalue weighted by Gasteiger charge is 2.43. The van der Waals surface area contributed by atoms with Crippen LogP contribution in [0.25, 0.3) is 60.5 Å². The lowest BCUT2D eigenvalue weighted by atomic mass is 9.58. The van der Waals surface area contributed by atoms with Crippen LogP contribution < -0.4 is 21.1 Å². The van der Waals surface area contributed by atoms with Gasteiger partial charge in [0, 0.05) is 55.6 Å². The first kappa shape index (κ1) is 41.9. The number of benzene rings is 9. The minimum absolute atomic E-state index is 0.0914. The maximum Gasteiger partial charge on any atom is 0.198 e. The molecule has 0 bridgehead atoms. The zero-order valence-electron chi connectivity index (χ0n) is 41.2. The van der Waals surface area contributed by atoms with E-state index in [1.54, 1.807) is 0 Å². The molecule has 2 aliphatic carbocycles. The molecule has 0 fully saturated rings. The molecule has 0 saturated carbocycles. The van der Waals surface area contributed by atoms with Gasteiger partial charge < -0.3 is 14.8 Å². The third kappa shape index (κ3) is 6.27. The SMILES string of the molecule is Cc1ccc(Nc2cc3c(cc2-c2cc(N(c4ccccc4)c4ccccc4)c4c5ccc6ccccc6c5n5c4c2Bc2cc(C)ccc2-5)-c2cc4c(cc2C3(C)C)C(C)(C)CCC4(C)C)cc1. The Labute approximate surface area is 407 Å². The van der Waals surface area contributed by atoms with Gasteiger partial charge in [-0.15, -0.1) is 0 Å². The zero-order chi connectivity index (χ0) is 47.1. The van der Waals surface area contributed by atoms with Crippen LogP contribution in [0.5, 0.6) is 0 Å². The number of aryl methyl sites for hydroxylation is 2. The van der Waals surface area contributed by atoms with Gasteiger partial charge >= 0.3 is 0 Å². The zero-order valence-corrected chi connectivity index (χ0v) is 41.2. The van der Waals surface area contributed by atoms with Gasteiger partial charge in [0.25, 0.3) is 0 Å². The monoisotopic (exact) mass is 891 g/mol. The first-order valence-electron chi connectivity index (χ1n) is 25.0. The van der Waals surface area contributed by atoms with Gasteiger partial charge in [-0.1, -0.05) is 161 Å². The van der Waals surface area contributed by atoms with Crippen molar-refractivity contribution in [3.05, 3.63) is 203 Å². The molecule has 0 saturated heterocycles. The molecule has 10 aromatic rings. The molecule has 3 nitrogen and oxygen atoms in total. The van der Waals surface area contributed by atoms with Crippen LogP contribution in [0.3, 0.4) is 0 Å². The average molecular weight is 892 g/mol. The van der Waals surface area contributed by atoms with E-state index in [1.807, 2.05) is 0 Å². The van der Waals surface area contributed by atoms with E-state index in [-0.39, 0.29) is 16.2 Å². The van der Waals surface area contributed by atoms with Crippen LogP contribution in [-0.2, 0) is 16.2 Å². The fraction of sp³-hybridized carbons (Fsp3) is 0.200. The van der Waals surface area contributed by atoms with E-state index in [4.69, 9.17) is 0 Å². The maximum atomic E-state index is 4.08. The molecule has 0 atom stereocenters. The van der Waals surface area contributed by atoms with Gasteiger partial charge in [0.15, 0.2) is 7.28 Å². The number of hydrogen-bond donors (Lipinski definition) is 1. The fourth-order valence-electron chi connectivity index (χ4n) is 12.7. The van der Waals surface area contributed by atoms with Crippen molar-refractivity contribution in [2.45, 2.75) is 84.5 Å². The Balaban J connectivity index is 1.20. The molecule has 1 N–H and O–H groups in total. The molecule has 13 rings (SSSR count). The molecular weight excluding hydrogens is 834 g/mol. The Hall–Kier alpha value is -7.30. The molecular formula is C65H58BN3. The molecule has 9 aromatic carbocycles. The number of fused-ring (bicyclic) bond motifs is 11. The van der Waals surface area contributed by atoms with Crippen LogP contribution in [0, 0.1) is 13.8 Å². The molecule has 0 spiro atoms. The second kappa shape index (κ2) is 14.9. The molecule has 2 heterocycles. The van der Waals surface area contributed by atoms with Crippen LogP contribution in [0.2, 0.25) is 0 Å². The summed E-state index contributed by atoms with van der Waals surface area (Å²) in [5, 5.41) is 9.11. The van der Waals surface area contributed by atoms with Crippen molar-refractivity contribution in [1.82, 2.24) is 4.57 Å². The van der Waals surface area contributed by atoms with Gasteiger partial charge in [0.2, 0.25) is 0 Å². The molecule has 69 heavy (non-hydrogen) atoms. The predicted octanol–water partition coefficient (Wildman–Crippen LogP) is 15.8. The van der Waals surface area contributed by atoms with Crippen LogP contribution >= 0.6 is 0 Å². The van der Waals surface area contributed by atoms with Gasteiger partial charge in [-0.2, -0.15) is 0 Å². The second-order valence-electron chi connectivity index (χ2n) is 22.2. The van der Waals surface area contributed by atoms with Crippen LogP contribution in [0.15, 0.2) is 170 Å². The highest BCUT2D eigenvalue weighted by atomic mass is 15.1. The average Bonchev–Trinajstić information content (AvgIpc) is 3.81. The van der Waals surface area contributed by atoms with Crippen molar-refractivity contribution < 1.29 is 0 Å². The smallest absolute Gasteiger partial charge is 0.198 e. The summed E-state index contributed by atoms with van der Waals surface area (Å²) in [6, 6.07) is 64.5. The third-order valence-electron chi connectivity index (χ3n) is 16.5. The minimum atomic E-state index is -0.204. The van der Waals surface area contributed by atoms with Crippen molar-refractivity contribution in [3.63, 3.8) is 0 Å². The van der Waals surface area contributed by atoms with E-state index in [0.717, 1.165) is 35.7 Å². The molecule has 336 valence electrons. The number of nitrogens with zero attached hydrogens (tertiary/aromatic N) is 2. The lowest BCUT2D eigenvalue weighted by molar-refractivity contribution is 0.331. The van der Waals surface area contributed by atoms with E-state index in [1.165, 1.54) is 118 Å². The highest BCUT2D eigenvalue weighted by Crippen LogP contribution is 2.57. The molecule has 1 aliphatic heterocycles. The summed E-state index contributed by atoms with van der Waals surface area (Å²) >= 11 is 0. The Morgan fingerprint density at radius 1 is 0.507 bits per heavy atom. The molecule has 0 unspecified atom stereocenters. The van der Waals surface area contributed by atoms with Crippen molar-refractivity contribution in [1.29, 1.82) is 0 Å². The quantitative estimate of drug-likeness (QED) is 0.168. The second-order valence-corrected chi connectivity index (χ2v) is 22.2. The van der Waals surface area contributed by atoms with E-state index in [2.05, 4.69) is 240 Å². The molecule has 4 heteroatoms. The molecule has 0 amide bonds. The van der Waals surface area contributed by atoms with Crippen LogP contribution in [0.4, 0.5) is 28.4 Å². The number of nitrogens with one attached hydrogen (secondary N) is 1. The number of para-hydroxylation sites is 2. The Morgan fingerprint density at radius 3 is 1.84 bits per heavy atom. The number of aromatic nitrogens is 1. The standard InChI is InChI=1S/C65H58BN3/c1-39-23-27-42(28-24-39)67-56-38-52-47(48-35-53-54(37-51(48)65(52,7)8)64(5,6)32-31-63(53,3)4)34-49(56)50-36-58(68(43-18-11-9-12-19-43)44-20-13-10-14-21-44)59-46-29-26-41-17-15-16-22-45(41)61(46)69-57-30-25-40(2)33-55(57)66-60(50)62(59)69/h9-30,33-38,66-67H,31-32H2,1-8H3. The largest absolute Gasteiger partial charge is 0.355 e. The summed E-state index contributed by atoms with van der Waals surface area (Å²) in [4.78, 5) is 2.50. The first-order chi connectivity index (χ1) is 33.3. The summed E-state index contributed by atoms with van der Waals surface area (Å²) in [6.45, 7) is 19.1. The van der Waals surface area contributed by atoms with Crippen LogP contribution in [-0.4, -0.2) is 11.8 Å². The number of hydrogen-bond acceptors (Lipinski definition) is 2. The van der Waals surface area contributed by atoms with Gasteiger partial charge in [0.1, 0.15) is 0 Å². The number of rotatable bonds is 6. The summed E-state index contributed by atoms with van der Waals surface area (Å²) < 4.78 is 2.64. The maximum absolute atomic E-state index is 4.08. The van der Waals surface area contributed by atoms with Crippen molar-refractivity contribution in [3.8, 4) is 27.9 Å². The van der Waals surface area contributed by atoms with Crippen molar-refractivity contribution in [2.75, 3.05) is 10.2 Å². The first-order valence-corrected chi connectivity index (χ1v) is 25.0. The lowest BCUT2D eigenvalue weighted by Crippen LogP contribution is -2.37. The number of anilines is 5. The minimum Gasteiger partial charge on any atom is -0.355 e. The molecule has 1 aromatic heterocycles. The Morgan fingerprint density at radius 2 is 1.13 bits per heavy atom. The lowest BCUT2D eigenvalue weighted by Gasteiger charge is -2.42. The van der Waals surface area contributed by atoms with E-state index < -0.39 is 0 Å². The van der Waals surface area contributed by atoms with E-state index >= 15 is 0 Å². The molecule has 0 radical (unpaired) electrons. The van der Waals surface area contributed by atoms with Gasteiger partial charge in [-0.05, 0) is 154 Å². The summed E-state index contributed by atoms with van der Waals surface area (Å²) in [7, 11) is 0.813. The van der Waals surface area contributed by atoms with Gasteiger partial charge in [-0.3, -0.25) is 0 Å². The summed E-state index contributed by atoms with van der Waals surface area (Å²) in [5.74, 6) is 0.